The molecule has 1 aromatic heterocycles. The average molecular weight is 575 g/mol. The van der Waals surface area contributed by atoms with Gasteiger partial charge in [-0.25, -0.2) is 0 Å². The van der Waals surface area contributed by atoms with E-state index < -0.39 is 11.9 Å². The second-order valence-electron chi connectivity index (χ2n) is 5.69. The molecule has 0 unspecified atom stereocenters. The van der Waals surface area contributed by atoms with E-state index >= 15 is 0 Å². The van der Waals surface area contributed by atoms with Crippen molar-refractivity contribution in [2.45, 2.75) is 13.8 Å². The Hall–Kier alpha value is -1.97. The molecule has 0 saturated heterocycles. The smallest absolute Gasteiger partial charge is 0.308 e. The number of hydrogen-bond donors (Lipinski definition) is 0. The van der Waals surface area contributed by atoms with Gasteiger partial charge in [-0.15, -0.1) is 0 Å². The van der Waals surface area contributed by atoms with Gasteiger partial charge in [-0.1, -0.05) is 0 Å². The van der Waals surface area contributed by atoms with Gasteiger partial charge in [0.15, 0.2) is 11.3 Å². The first-order valence-electron chi connectivity index (χ1n) is 7.79. The highest BCUT2D eigenvalue weighted by atomic mass is 79.9. The van der Waals surface area contributed by atoms with Crippen molar-refractivity contribution < 1.29 is 23.5 Å². The molecule has 0 radical (unpaired) electrons. The number of halogens is 3. The molecular formula is C19H11Br3O6. The molecule has 0 fully saturated rings. The van der Waals surface area contributed by atoms with E-state index in [0.29, 0.717) is 35.7 Å². The van der Waals surface area contributed by atoms with Crippen LogP contribution in [0.1, 0.15) is 13.8 Å². The van der Waals surface area contributed by atoms with Crippen molar-refractivity contribution in [3.8, 4) is 22.6 Å². The van der Waals surface area contributed by atoms with Crippen LogP contribution in [0.25, 0.3) is 22.1 Å². The lowest BCUT2D eigenvalue weighted by Crippen LogP contribution is -2.07. The minimum atomic E-state index is -0.485. The third kappa shape index (κ3) is 4.06. The molecule has 0 spiro atoms. The van der Waals surface area contributed by atoms with Gasteiger partial charge in [0.2, 0.25) is 5.43 Å². The topological polar surface area (TPSA) is 82.8 Å². The Labute approximate surface area is 184 Å². The SMILES string of the molecule is CC(=O)Oc1ccc2c(=O)c(-c3cc(Br)c(OC(C)=O)c(Br)c3)coc2c1Br. The summed E-state index contributed by atoms with van der Waals surface area (Å²) in [7, 11) is 0. The molecule has 0 N–H and O–H groups in total. The van der Waals surface area contributed by atoms with Crippen molar-refractivity contribution >= 4 is 70.7 Å². The Balaban J connectivity index is 2.15. The molecule has 1 heterocycles. The Kier molecular flexibility index (Phi) is 6.07. The molecular weight excluding hydrogens is 564 g/mol. The fourth-order valence-electron chi connectivity index (χ4n) is 2.54. The molecule has 9 heteroatoms. The molecule has 144 valence electrons. The largest absolute Gasteiger partial charge is 0.462 e. The summed E-state index contributed by atoms with van der Waals surface area (Å²) in [6, 6.07) is 6.36. The first kappa shape index (κ1) is 20.8. The Morgan fingerprint density at radius 2 is 1.57 bits per heavy atom. The zero-order valence-corrected chi connectivity index (χ0v) is 19.2. The standard InChI is InChI=1S/C19H11Br3O6/c1-8(23)27-15-4-3-11-17(25)12(7-26-18(11)16(15)22)10-5-13(20)19(14(21)6-10)28-9(2)24/h3-7H,1-2H3. The van der Waals surface area contributed by atoms with Crippen LogP contribution in [0.15, 0.2) is 53.2 Å². The molecule has 3 rings (SSSR count). The summed E-state index contributed by atoms with van der Waals surface area (Å²) in [6.07, 6.45) is 1.33. The number of carbonyl (C=O) groups excluding carboxylic acids is 2. The normalized spacial score (nSPS) is 10.8. The van der Waals surface area contributed by atoms with Gasteiger partial charge in [0, 0.05) is 13.8 Å². The summed E-state index contributed by atoms with van der Waals surface area (Å²) < 4.78 is 17.2. The van der Waals surface area contributed by atoms with Crippen LogP contribution in [0.5, 0.6) is 11.5 Å². The van der Waals surface area contributed by atoms with Gasteiger partial charge >= 0.3 is 11.9 Å². The quantitative estimate of drug-likeness (QED) is 0.299. The van der Waals surface area contributed by atoms with Gasteiger partial charge < -0.3 is 13.9 Å². The highest BCUT2D eigenvalue weighted by Gasteiger charge is 2.18. The fourth-order valence-corrected chi connectivity index (χ4v) is 4.41. The highest BCUT2D eigenvalue weighted by Crippen LogP contribution is 2.38. The maximum atomic E-state index is 13.0. The second kappa shape index (κ2) is 8.18. The number of ether oxygens (including phenoxy) is 2. The number of hydrogen-bond acceptors (Lipinski definition) is 6. The van der Waals surface area contributed by atoms with Gasteiger partial charge in [0.1, 0.15) is 16.5 Å². The molecule has 28 heavy (non-hydrogen) atoms. The van der Waals surface area contributed by atoms with E-state index in [1.165, 1.54) is 32.2 Å². The van der Waals surface area contributed by atoms with Crippen molar-refractivity contribution in [1.29, 1.82) is 0 Å². The molecule has 0 aliphatic rings. The molecule has 0 amide bonds. The lowest BCUT2D eigenvalue weighted by molar-refractivity contribution is -0.132. The molecule has 6 nitrogen and oxygen atoms in total. The minimum absolute atomic E-state index is 0.257. The van der Waals surface area contributed by atoms with E-state index in [1.807, 2.05) is 0 Å². The van der Waals surface area contributed by atoms with Crippen molar-refractivity contribution in [3.63, 3.8) is 0 Å². The van der Waals surface area contributed by atoms with E-state index in [-0.39, 0.29) is 16.8 Å². The highest BCUT2D eigenvalue weighted by molar-refractivity contribution is 9.11. The summed E-state index contributed by atoms with van der Waals surface area (Å²) in [4.78, 5) is 35.4. The van der Waals surface area contributed by atoms with Crippen LogP contribution in [0.4, 0.5) is 0 Å². The predicted molar refractivity (Wildman–Crippen MR) is 114 cm³/mol. The molecule has 0 aliphatic heterocycles. The summed E-state index contributed by atoms with van der Waals surface area (Å²) in [5, 5.41) is 0.316. The summed E-state index contributed by atoms with van der Waals surface area (Å²) in [5.41, 5.74) is 0.874. The van der Waals surface area contributed by atoms with Crippen LogP contribution in [-0.4, -0.2) is 11.9 Å². The zero-order valence-electron chi connectivity index (χ0n) is 14.5. The van der Waals surface area contributed by atoms with E-state index in [0.717, 1.165) is 0 Å². The Morgan fingerprint density at radius 3 is 2.14 bits per heavy atom. The predicted octanol–water partition coefficient (Wildman–Crippen LogP) is 5.60. The summed E-state index contributed by atoms with van der Waals surface area (Å²) in [5.74, 6) is -0.378. The number of esters is 2. The molecule has 0 atom stereocenters. The molecule has 2 aromatic carbocycles. The lowest BCUT2D eigenvalue weighted by atomic mass is 10.1. The van der Waals surface area contributed by atoms with E-state index in [1.54, 1.807) is 12.1 Å². The third-order valence-electron chi connectivity index (χ3n) is 3.65. The maximum Gasteiger partial charge on any atom is 0.308 e. The number of rotatable bonds is 3. The first-order chi connectivity index (χ1) is 13.2. The molecule has 0 saturated carbocycles. The van der Waals surface area contributed by atoms with Crippen LogP contribution in [0, 0.1) is 0 Å². The maximum absolute atomic E-state index is 13.0. The monoisotopic (exact) mass is 572 g/mol. The summed E-state index contributed by atoms with van der Waals surface area (Å²) >= 11 is 10.0. The summed E-state index contributed by atoms with van der Waals surface area (Å²) in [6.45, 7) is 2.58. The van der Waals surface area contributed by atoms with E-state index in [9.17, 15) is 14.4 Å². The lowest BCUT2D eigenvalue weighted by Gasteiger charge is -2.11. The van der Waals surface area contributed by atoms with Gasteiger partial charge in [0.25, 0.3) is 0 Å². The van der Waals surface area contributed by atoms with Crippen LogP contribution < -0.4 is 14.9 Å². The average Bonchev–Trinajstić information content (AvgIpc) is 2.60. The van der Waals surface area contributed by atoms with Crippen molar-refractivity contribution in [2.24, 2.45) is 0 Å². The molecule has 3 aromatic rings. The van der Waals surface area contributed by atoms with Crippen molar-refractivity contribution in [2.75, 3.05) is 0 Å². The van der Waals surface area contributed by atoms with Crippen LogP contribution in [0.3, 0.4) is 0 Å². The fraction of sp³-hybridized carbons (Fsp3) is 0.105. The van der Waals surface area contributed by atoms with Gasteiger partial charge in [0.05, 0.1) is 19.9 Å². The van der Waals surface area contributed by atoms with Gasteiger partial charge in [-0.05, 0) is 77.6 Å². The number of fused-ring (bicyclic) bond motifs is 1. The Morgan fingerprint density at radius 1 is 0.964 bits per heavy atom. The minimum Gasteiger partial charge on any atom is -0.462 e. The third-order valence-corrected chi connectivity index (χ3v) is 5.58. The Bertz CT molecular complexity index is 1160. The van der Waals surface area contributed by atoms with Crippen LogP contribution in [-0.2, 0) is 9.59 Å². The molecule has 0 bridgehead atoms. The van der Waals surface area contributed by atoms with Gasteiger partial charge in [-0.3, -0.25) is 14.4 Å². The number of benzene rings is 2. The zero-order chi connectivity index (χ0) is 20.6. The second-order valence-corrected chi connectivity index (χ2v) is 8.19. The molecule has 0 aliphatic carbocycles. The van der Waals surface area contributed by atoms with Crippen LogP contribution in [0.2, 0.25) is 0 Å². The number of carbonyl (C=O) groups is 2. The van der Waals surface area contributed by atoms with E-state index in [2.05, 4.69) is 47.8 Å². The van der Waals surface area contributed by atoms with E-state index in [4.69, 9.17) is 13.9 Å². The van der Waals surface area contributed by atoms with Crippen molar-refractivity contribution in [3.05, 3.63) is 54.2 Å². The van der Waals surface area contributed by atoms with Gasteiger partial charge in [-0.2, -0.15) is 0 Å². The van der Waals surface area contributed by atoms with Crippen LogP contribution >= 0.6 is 47.8 Å². The first-order valence-corrected chi connectivity index (χ1v) is 10.2. The van der Waals surface area contributed by atoms with Crippen molar-refractivity contribution in [1.82, 2.24) is 0 Å².